The van der Waals surface area contributed by atoms with E-state index in [2.05, 4.69) is 36.1 Å². The zero-order valence-electron chi connectivity index (χ0n) is 27.7. The van der Waals surface area contributed by atoms with Gasteiger partial charge in [0.15, 0.2) is 0 Å². The van der Waals surface area contributed by atoms with E-state index in [1.165, 1.54) is 52.5 Å². The van der Waals surface area contributed by atoms with Crippen LogP contribution in [0.25, 0.3) is 0 Å². The van der Waals surface area contributed by atoms with Crippen LogP contribution in [0, 0.1) is 0 Å². The predicted octanol–water partition coefficient (Wildman–Crippen LogP) is 0.966. The second kappa shape index (κ2) is 14.6. The van der Waals surface area contributed by atoms with Crippen LogP contribution in [0.5, 0.6) is 5.75 Å². The number of phenols is 1. The summed E-state index contributed by atoms with van der Waals surface area (Å²) in [5, 5.41) is 36.5. The molecule has 2 aromatic heterocycles. The van der Waals surface area contributed by atoms with Crippen LogP contribution in [-0.4, -0.2) is 106 Å². The first-order valence-electron chi connectivity index (χ1n) is 15.4. The van der Waals surface area contributed by atoms with Crippen LogP contribution < -0.4 is 31.7 Å². The molecule has 2 aliphatic rings. The molecule has 2 aliphatic heterocycles. The Bertz CT molecular complexity index is 2120. The number of rotatable bonds is 12. The van der Waals surface area contributed by atoms with Gasteiger partial charge in [-0.25, -0.2) is 19.3 Å². The van der Waals surface area contributed by atoms with E-state index in [0.717, 1.165) is 21.7 Å². The van der Waals surface area contributed by atoms with Crippen LogP contribution in [0.2, 0.25) is 0 Å². The maximum absolute atomic E-state index is 14.1. The van der Waals surface area contributed by atoms with E-state index in [-0.39, 0.29) is 40.2 Å². The number of aromatic amines is 1. The third-order valence-electron chi connectivity index (χ3n) is 8.14. The van der Waals surface area contributed by atoms with E-state index in [1.807, 2.05) is 31.1 Å². The van der Waals surface area contributed by atoms with Crippen molar-refractivity contribution in [3.63, 3.8) is 0 Å². The Hall–Kier alpha value is -6.09. The van der Waals surface area contributed by atoms with Gasteiger partial charge in [0.25, 0.3) is 11.5 Å². The number of benzene rings is 2. The summed E-state index contributed by atoms with van der Waals surface area (Å²) in [5.41, 5.74) is 6.57. The largest absolute Gasteiger partial charge is 0.508 e. The van der Waals surface area contributed by atoms with E-state index >= 15 is 0 Å². The second-order valence-corrected chi connectivity index (χ2v) is 13.8. The summed E-state index contributed by atoms with van der Waals surface area (Å²) in [5.74, 6) is -2.56. The number of nitrogens with two attached hydrogens (primary N) is 1. The first-order chi connectivity index (χ1) is 24.8. The Kier molecular flexibility index (Phi) is 10.1. The molecular weight excluding hydrogens is 717 g/mol. The molecule has 21 heteroatoms. The fourth-order valence-electron chi connectivity index (χ4n) is 5.58. The van der Waals surface area contributed by atoms with Crippen molar-refractivity contribution in [2.75, 3.05) is 40.7 Å². The number of thioether (sulfide) groups is 2. The highest BCUT2D eigenvalue weighted by atomic mass is 32.2. The zero-order chi connectivity index (χ0) is 37.3. The van der Waals surface area contributed by atoms with E-state index in [9.17, 15) is 34.2 Å². The average Bonchev–Trinajstić information content (AvgIpc) is 3.53. The molecule has 4 heterocycles. The number of hydrogen-bond acceptors (Lipinski definition) is 14. The number of primary amides is 1. The molecule has 2 aromatic carbocycles. The molecule has 4 amide bonds. The maximum atomic E-state index is 14.1. The molecule has 2 unspecified atom stereocenters. The summed E-state index contributed by atoms with van der Waals surface area (Å²) in [6, 6.07) is 8.57. The van der Waals surface area contributed by atoms with Crippen LogP contribution >= 0.6 is 23.5 Å². The summed E-state index contributed by atoms with van der Waals surface area (Å²) < 4.78 is 1.44. The van der Waals surface area contributed by atoms with Crippen molar-refractivity contribution in [3.05, 3.63) is 81.9 Å². The molecule has 52 heavy (non-hydrogen) atoms. The number of carbonyl (C=O) groups is 4. The number of aromatic nitrogens is 6. The first kappa shape index (κ1) is 35.7. The molecule has 0 radical (unpaired) electrons. The third-order valence-corrected chi connectivity index (χ3v) is 10.6. The van der Waals surface area contributed by atoms with Crippen molar-refractivity contribution in [1.82, 2.24) is 40.4 Å². The lowest BCUT2D eigenvalue weighted by Gasteiger charge is -2.49. The van der Waals surface area contributed by atoms with Gasteiger partial charge < -0.3 is 31.5 Å². The number of aromatic hydroxyl groups is 1. The number of hydrogen-bond donors (Lipinski definition) is 6. The highest BCUT2D eigenvalue weighted by molar-refractivity contribution is 8.01. The van der Waals surface area contributed by atoms with Gasteiger partial charge in [-0.2, -0.15) is 0 Å². The lowest BCUT2D eigenvalue weighted by atomic mass is 10.00. The lowest BCUT2D eigenvalue weighted by Crippen LogP contribution is -2.71. The first-order valence-corrected chi connectivity index (χ1v) is 17.4. The number of carboxylic acids is 1. The SMILES string of the molecule is CN(C)c1ccc(Nc2ncc(N(C(N)=O)C(C(=O)NC3C(=O)N4C(C(=O)O)=C(CSc5nnnn5C)CS[C@@H]34)c3ccc(O)cc3)c(=O)[nH]2)cc1. The van der Waals surface area contributed by atoms with Gasteiger partial charge in [-0.1, -0.05) is 23.9 Å². The van der Waals surface area contributed by atoms with Gasteiger partial charge in [0, 0.05) is 44.0 Å². The molecule has 0 saturated carbocycles. The Labute approximate surface area is 303 Å². The fourth-order valence-corrected chi connectivity index (χ4v) is 7.92. The average molecular weight is 749 g/mol. The molecule has 1 saturated heterocycles. The fraction of sp³-hybridized carbons (Fsp3) is 0.258. The summed E-state index contributed by atoms with van der Waals surface area (Å²) in [7, 11) is 5.44. The zero-order valence-corrected chi connectivity index (χ0v) is 29.4. The van der Waals surface area contributed by atoms with Gasteiger partial charge in [0.1, 0.15) is 34.6 Å². The van der Waals surface area contributed by atoms with Gasteiger partial charge in [0.05, 0.1) is 6.20 Å². The van der Waals surface area contributed by atoms with Gasteiger partial charge >= 0.3 is 12.0 Å². The van der Waals surface area contributed by atoms with Crippen LogP contribution in [0.3, 0.4) is 0 Å². The number of nitrogens with zero attached hydrogens (tertiary/aromatic N) is 8. The van der Waals surface area contributed by atoms with E-state index in [4.69, 9.17) is 5.73 Å². The van der Waals surface area contributed by atoms with Crippen molar-refractivity contribution in [2.24, 2.45) is 12.8 Å². The second-order valence-electron chi connectivity index (χ2n) is 11.7. The monoisotopic (exact) mass is 748 g/mol. The maximum Gasteiger partial charge on any atom is 0.352 e. The minimum Gasteiger partial charge on any atom is -0.508 e. The number of tetrazole rings is 1. The predicted molar refractivity (Wildman–Crippen MR) is 191 cm³/mol. The highest BCUT2D eigenvalue weighted by Crippen LogP contribution is 2.42. The Morgan fingerprint density at radius 3 is 2.44 bits per heavy atom. The number of phenolic OH excluding ortho intramolecular Hbond substituents is 1. The number of aryl methyl sites for hydroxylation is 1. The molecule has 7 N–H and O–H groups in total. The minimum atomic E-state index is -1.62. The van der Waals surface area contributed by atoms with Crippen molar-refractivity contribution in [1.29, 1.82) is 0 Å². The summed E-state index contributed by atoms with van der Waals surface area (Å²) in [6.45, 7) is 0. The molecule has 19 nitrogen and oxygen atoms in total. The molecule has 0 aliphatic carbocycles. The Morgan fingerprint density at radius 2 is 1.85 bits per heavy atom. The quantitative estimate of drug-likeness (QED) is 0.0871. The number of carbonyl (C=O) groups excluding carboxylic acids is 3. The minimum absolute atomic E-state index is 0.0456. The van der Waals surface area contributed by atoms with Crippen LogP contribution in [0.4, 0.5) is 27.8 Å². The van der Waals surface area contributed by atoms with E-state index in [0.29, 0.717) is 16.4 Å². The molecular formula is C31H32N12O7S2. The number of nitrogens with one attached hydrogen (secondary N) is 3. The molecule has 3 atom stereocenters. The normalized spacial score (nSPS) is 17.1. The highest BCUT2D eigenvalue weighted by Gasteiger charge is 2.55. The van der Waals surface area contributed by atoms with Crippen LogP contribution in [0.1, 0.15) is 11.6 Å². The van der Waals surface area contributed by atoms with Crippen molar-refractivity contribution < 1.29 is 29.4 Å². The number of urea groups is 1. The Balaban J connectivity index is 1.25. The summed E-state index contributed by atoms with van der Waals surface area (Å²) in [4.78, 5) is 77.0. The van der Waals surface area contributed by atoms with E-state index < -0.39 is 46.8 Å². The molecule has 1 fully saturated rings. The number of anilines is 4. The number of carboxylic acid groups (broad SMARTS) is 1. The number of fused-ring (bicyclic) bond motifs is 1. The van der Waals surface area contributed by atoms with Crippen molar-refractivity contribution in [2.45, 2.75) is 22.6 Å². The Morgan fingerprint density at radius 1 is 1.13 bits per heavy atom. The molecule has 4 aromatic rings. The van der Waals surface area contributed by atoms with E-state index in [1.54, 1.807) is 19.2 Å². The summed E-state index contributed by atoms with van der Waals surface area (Å²) in [6.07, 6.45) is 1.08. The molecule has 6 rings (SSSR count). The number of amides is 4. The van der Waals surface area contributed by atoms with Crippen molar-refractivity contribution >= 4 is 70.3 Å². The number of H-pyrrole nitrogens is 1. The summed E-state index contributed by atoms with van der Waals surface area (Å²) >= 11 is 2.46. The van der Waals surface area contributed by atoms with Crippen molar-refractivity contribution in [3.8, 4) is 5.75 Å². The number of β-lactam (4-membered cyclic amide) rings is 1. The third kappa shape index (κ3) is 7.07. The van der Waals surface area contributed by atoms with Gasteiger partial charge in [-0.15, -0.1) is 16.9 Å². The molecule has 0 spiro atoms. The topological polar surface area (TPSA) is 258 Å². The smallest absolute Gasteiger partial charge is 0.352 e. The van der Waals surface area contributed by atoms with Gasteiger partial charge in [0.2, 0.25) is 17.0 Å². The van der Waals surface area contributed by atoms with Gasteiger partial charge in [-0.3, -0.25) is 29.2 Å². The lowest BCUT2D eigenvalue weighted by molar-refractivity contribution is -0.150. The van der Waals surface area contributed by atoms with Crippen LogP contribution in [0.15, 0.2) is 75.9 Å². The molecule has 270 valence electrons. The molecule has 0 bridgehead atoms. The number of aliphatic carboxylic acids is 1. The van der Waals surface area contributed by atoms with Crippen LogP contribution in [-0.2, 0) is 21.4 Å². The standard InChI is InChI=1S/C31H32N12O7S2/c1-40(2)18-8-6-17(7-9-18)34-30-33-12-20(24(45)36-30)42(29(32)50)22(15-4-10-19(44)11-5-15)25(46)35-21-26(47)43-23(28(48)49)16(13-51-27(21)43)14-52-31-37-38-39-41(31)3/h4-12,21-22,27,44H,13-14H2,1-3H3,(H2,32,50)(H,35,46)(H,48,49)(H2,33,34,36,45)/t21?,22?,27-/m0/s1. The van der Waals surface area contributed by atoms with Gasteiger partial charge in [-0.05, 0) is 58.0 Å².